The van der Waals surface area contributed by atoms with Crippen molar-refractivity contribution < 1.29 is 19.1 Å². The van der Waals surface area contributed by atoms with Crippen molar-refractivity contribution >= 4 is 58.3 Å². The second-order valence-corrected chi connectivity index (χ2v) is 7.99. The predicted molar refractivity (Wildman–Crippen MR) is 127 cm³/mol. The molecule has 0 aliphatic rings. The molecule has 1 aromatic heterocycles. The van der Waals surface area contributed by atoms with Gasteiger partial charge >= 0.3 is 5.97 Å². The number of carbonyl (C=O) groups excluding carboxylic acids is 3. The number of methoxy groups -OCH3 is 1. The number of carbonyl (C=O) groups is 3. The van der Waals surface area contributed by atoms with E-state index in [0.29, 0.717) is 21.2 Å². The van der Waals surface area contributed by atoms with Gasteiger partial charge in [0.25, 0.3) is 11.8 Å². The van der Waals surface area contributed by atoms with Crippen molar-refractivity contribution in [3.8, 4) is 0 Å². The number of hydrogen-bond donors (Lipinski definition) is 2. The van der Waals surface area contributed by atoms with E-state index in [0.717, 1.165) is 0 Å². The summed E-state index contributed by atoms with van der Waals surface area (Å²) >= 11 is 7.03. The van der Waals surface area contributed by atoms with Crippen LogP contribution in [0.5, 0.6) is 0 Å². The van der Waals surface area contributed by atoms with Gasteiger partial charge < -0.3 is 15.4 Å². The number of aromatic nitrogens is 1. The molecule has 0 spiro atoms. The standard InChI is InChI=1S/C23H17ClN4O4S/c1-25-16-6-3-14(4-7-16)22(30)27-19-9-8-17(33-13-21(29)32-2)11-18(19)23(31)28-20-10-5-15(24)12-26-20/h3-12H,13H2,2H3,(H,27,30)(H,26,28,31). The van der Waals surface area contributed by atoms with Gasteiger partial charge in [-0.15, -0.1) is 11.8 Å². The molecule has 0 saturated carbocycles. The first-order valence-electron chi connectivity index (χ1n) is 9.45. The highest BCUT2D eigenvalue weighted by Gasteiger charge is 2.17. The highest BCUT2D eigenvalue weighted by Crippen LogP contribution is 2.26. The number of halogens is 1. The molecule has 2 aromatic carbocycles. The molecule has 0 aliphatic carbocycles. The van der Waals surface area contributed by atoms with Gasteiger partial charge in [-0.3, -0.25) is 14.4 Å². The second-order valence-electron chi connectivity index (χ2n) is 6.50. The molecule has 0 fully saturated rings. The lowest BCUT2D eigenvalue weighted by atomic mass is 10.1. The van der Waals surface area contributed by atoms with Crippen molar-refractivity contribution in [2.24, 2.45) is 0 Å². The lowest BCUT2D eigenvalue weighted by molar-refractivity contribution is -0.137. The van der Waals surface area contributed by atoms with Gasteiger partial charge in [-0.2, -0.15) is 0 Å². The van der Waals surface area contributed by atoms with Crippen LogP contribution < -0.4 is 10.6 Å². The summed E-state index contributed by atoms with van der Waals surface area (Å²) in [7, 11) is 1.30. The molecule has 0 radical (unpaired) electrons. The van der Waals surface area contributed by atoms with Crippen LogP contribution in [0.15, 0.2) is 65.7 Å². The van der Waals surface area contributed by atoms with Crippen LogP contribution in [-0.2, 0) is 9.53 Å². The number of anilines is 2. The minimum absolute atomic E-state index is 0.0649. The van der Waals surface area contributed by atoms with Crippen LogP contribution in [0.2, 0.25) is 5.02 Å². The first kappa shape index (κ1) is 23.8. The maximum atomic E-state index is 13.0. The molecule has 8 nitrogen and oxygen atoms in total. The minimum atomic E-state index is -0.510. The molecule has 0 unspecified atom stereocenters. The molecule has 0 bridgehead atoms. The Morgan fingerprint density at radius 1 is 1.06 bits per heavy atom. The van der Waals surface area contributed by atoms with Gasteiger partial charge in [0, 0.05) is 16.7 Å². The third-order valence-corrected chi connectivity index (χ3v) is 5.49. The molecule has 0 saturated heterocycles. The molecule has 1 heterocycles. The molecule has 2 amide bonds. The number of hydrogen-bond acceptors (Lipinski definition) is 6. The summed E-state index contributed by atoms with van der Waals surface area (Å²) in [5, 5.41) is 5.81. The Kier molecular flexibility index (Phi) is 8.02. The SMILES string of the molecule is [C-]#[N+]c1ccc(C(=O)Nc2ccc(SCC(=O)OC)cc2C(=O)Nc2ccc(Cl)cn2)cc1. The number of nitrogens with one attached hydrogen (secondary N) is 2. The Bertz CT molecular complexity index is 1220. The van der Waals surface area contributed by atoms with Crippen molar-refractivity contribution in [3.63, 3.8) is 0 Å². The summed E-state index contributed by atoms with van der Waals surface area (Å²) in [4.78, 5) is 45.2. The average Bonchev–Trinajstić information content (AvgIpc) is 2.84. The molecule has 33 heavy (non-hydrogen) atoms. The summed E-state index contributed by atoms with van der Waals surface area (Å²) < 4.78 is 4.65. The Morgan fingerprint density at radius 3 is 2.45 bits per heavy atom. The Morgan fingerprint density at radius 2 is 1.82 bits per heavy atom. The summed E-state index contributed by atoms with van der Waals surface area (Å²) in [5.41, 5.74) is 1.18. The van der Waals surface area contributed by atoms with Crippen molar-refractivity contribution in [1.82, 2.24) is 4.98 Å². The van der Waals surface area contributed by atoms with Gasteiger partial charge in [0.1, 0.15) is 5.82 Å². The van der Waals surface area contributed by atoms with Crippen LogP contribution in [0.1, 0.15) is 20.7 Å². The van der Waals surface area contributed by atoms with Crippen molar-refractivity contribution in [2.75, 3.05) is 23.5 Å². The van der Waals surface area contributed by atoms with E-state index in [-0.39, 0.29) is 22.8 Å². The maximum absolute atomic E-state index is 13.0. The third kappa shape index (κ3) is 6.55. The number of ether oxygens (including phenoxy) is 1. The van der Waals surface area contributed by atoms with Gasteiger partial charge in [-0.1, -0.05) is 35.9 Å². The molecular formula is C23H17ClN4O4S. The zero-order chi connectivity index (χ0) is 23.8. The van der Waals surface area contributed by atoms with Gasteiger partial charge in [0.05, 0.1) is 35.7 Å². The smallest absolute Gasteiger partial charge is 0.315 e. The zero-order valence-electron chi connectivity index (χ0n) is 17.3. The number of amides is 2. The van der Waals surface area contributed by atoms with Crippen LogP contribution in [0, 0.1) is 6.57 Å². The van der Waals surface area contributed by atoms with E-state index in [2.05, 4.69) is 25.2 Å². The quantitative estimate of drug-likeness (QED) is 0.278. The molecule has 3 aromatic rings. The number of rotatable bonds is 7. The highest BCUT2D eigenvalue weighted by atomic mass is 35.5. The fraction of sp³-hybridized carbons (Fsp3) is 0.0870. The number of benzene rings is 2. The van der Waals surface area contributed by atoms with E-state index < -0.39 is 17.8 Å². The first-order valence-corrected chi connectivity index (χ1v) is 10.8. The lowest BCUT2D eigenvalue weighted by Gasteiger charge is -2.13. The Labute approximate surface area is 199 Å². The zero-order valence-corrected chi connectivity index (χ0v) is 18.9. The minimum Gasteiger partial charge on any atom is -0.468 e. The summed E-state index contributed by atoms with van der Waals surface area (Å²) in [6.07, 6.45) is 1.40. The Hall–Kier alpha value is -3.87. The number of pyridine rings is 1. The highest BCUT2D eigenvalue weighted by molar-refractivity contribution is 8.00. The second kappa shape index (κ2) is 11.1. The molecular weight excluding hydrogens is 464 g/mol. The number of esters is 1. The molecule has 0 atom stereocenters. The molecule has 0 aliphatic heterocycles. The van der Waals surface area contributed by atoms with Crippen LogP contribution in [0.3, 0.4) is 0 Å². The fourth-order valence-corrected chi connectivity index (χ4v) is 3.51. The van der Waals surface area contributed by atoms with E-state index in [4.69, 9.17) is 18.2 Å². The summed E-state index contributed by atoms with van der Waals surface area (Å²) in [6.45, 7) is 7.01. The van der Waals surface area contributed by atoms with E-state index in [9.17, 15) is 14.4 Å². The van der Waals surface area contributed by atoms with E-state index in [1.54, 1.807) is 30.3 Å². The Balaban J connectivity index is 1.87. The third-order valence-electron chi connectivity index (χ3n) is 4.30. The summed E-state index contributed by atoms with van der Waals surface area (Å²) in [5.74, 6) is -1.01. The normalized spacial score (nSPS) is 10.1. The fourth-order valence-electron chi connectivity index (χ4n) is 2.63. The predicted octanol–water partition coefficient (Wildman–Crippen LogP) is 5.06. The molecule has 3 rings (SSSR count). The van der Waals surface area contributed by atoms with Gasteiger partial charge in [0.2, 0.25) is 0 Å². The largest absolute Gasteiger partial charge is 0.468 e. The van der Waals surface area contributed by atoms with Gasteiger partial charge in [-0.25, -0.2) is 9.83 Å². The van der Waals surface area contributed by atoms with E-state index >= 15 is 0 Å². The number of thioether (sulfide) groups is 1. The summed E-state index contributed by atoms with van der Waals surface area (Å²) in [6, 6.07) is 14.1. The van der Waals surface area contributed by atoms with E-state index in [1.165, 1.54) is 49.3 Å². The number of nitrogens with zero attached hydrogens (tertiary/aromatic N) is 2. The first-order chi connectivity index (χ1) is 15.9. The monoisotopic (exact) mass is 480 g/mol. The van der Waals surface area contributed by atoms with Crippen LogP contribution in [-0.4, -0.2) is 35.6 Å². The van der Waals surface area contributed by atoms with Gasteiger partial charge in [0.15, 0.2) is 5.69 Å². The van der Waals surface area contributed by atoms with Crippen LogP contribution in [0.25, 0.3) is 4.85 Å². The maximum Gasteiger partial charge on any atom is 0.315 e. The topological polar surface area (TPSA) is 102 Å². The van der Waals surface area contributed by atoms with Crippen LogP contribution >= 0.6 is 23.4 Å². The average molecular weight is 481 g/mol. The van der Waals surface area contributed by atoms with Crippen molar-refractivity contribution in [3.05, 3.63) is 88.4 Å². The lowest BCUT2D eigenvalue weighted by Crippen LogP contribution is -2.19. The van der Waals surface area contributed by atoms with Crippen molar-refractivity contribution in [1.29, 1.82) is 0 Å². The van der Waals surface area contributed by atoms with Crippen molar-refractivity contribution in [2.45, 2.75) is 4.90 Å². The van der Waals surface area contributed by atoms with Crippen LogP contribution in [0.4, 0.5) is 17.2 Å². The molecule has 2 N–H and O–H groups in total. The molecule has 166 valence electrons. The van der Waals surface area contributed by atoms with E-state index in [1.807, 2.05) is 0 Å². The van der Waals surface area contributed by atoms with Gasteiger partial charge in [-0.05, 0) is 30.3 Å². The molecule has 10 heteroatoms.